The monoisotopic (exact) mass is 437 g/mol. The third kappa shape index (κ3) is 4.67. The molecule has 0 fully saturated rings. The lowest BCUT2D eigenvalue weighted by molar-refractivity contribution is -0.136. The van der Waals surface area contributed by atoms with Crippen molar-refractivity contribution in [2.24, 2.45) is 0 Å². The van der Waals surface area contributed by atoms with Gasteiger partial charge in [-0.1, -0.05) is 54.6 Å². The molecule has 3 heterocycles. The number of aliphatic carboxylic acids is 1. The number of hydrogen-bond donors (Lipinski definition) is 2. The molecule has 0 unspecified atom stereocenters. The van der Waals surface area contributed by atoms with Crippen molar-refractivity contribution in [2.75, 3.05) is 16.8 Å². The minimum Gasteiger partial charge on any atom is -0.481 e. The Hall–Kier alpha value is -4.26. The summed E-state index contributed by atoms with van der Waals surface area (Å²) in [6.07, 6.45) is 1.77. The Morgan fingerprint density at radius 2 is 1.64 bits per heavy atom. The van der Waals surface area contributed by atoms with E-state index in [-0.39, 0.29) is 13.0 Å². The molecule has 2 aromatic carbocycles. The number of carboxylic acids is 1. The van der Waals surface area contributed by atoms with E-state index in [1.165, 1.54) is 11.1 Å². The molecule has 0 atom stereocenters. The Morgan fingerprint density at radius 3 is 2.36 bits per heavy atom. The first-order valence-corrected chi connectivity index (χ1v) is 10.8. The van der Waals surface area contributed by atoms with Gasteiger partial charge in [-0.2, -0.15) is 0 Å². The highest BCUT2D eigenvalue weighted by molar-refractivity contribution is 5.70. The molecular formula is C26H23N5O2. The molecule has 0 saturated carbocycles. The minimum absolute atomic E-state index is 0.00552. The normalized spacial score (nSPS) is 12.4. The highest BCUT2D eigenvalue weighted by Gasteiger charge is 2.21. The molecule has 4 aromatic rings. The number of anilines is 2. The summed E-state index contributed by atoms with van der Waals surface area (Å²) in [5, 5.41) is 12.1. The van der Waals surface area contributed by atoms with Crippen molar-refractivity contribution >= 4 is 17.6 Å². The second-order valence-corrected chi connectivity index (χ2v) is 7.93. The molecule has 33 heavy (non-hydrogen) atoms. The molecule has 5 rings (SSSR count). The van der Waals surface area contributed by atoms with E-state index in [9.17, 15) is 4.79 Å². The molecular weight excluding hydrogens is 414 g/mol. The summed E-state index contributed by atoms with van der Waals surface area (Å²) in [5.74, 6) is 1.00. The summed E-state index contributed by atoms with van der Waals surface area (Å²) in [4.78, 5) is 27.2. The van der Waals surface area contributed by atoms with Crippen molar-refractivity contribution in [2.45, 2.75) is 19.5 Å². The number of carbonyl (C=O) groups is 1. The fraction of sp³-hybridized carbons (Fsp3) is 0.154. The van der Waals surface area contributed by atoms with Crippen LogP contribution in [0.4, 0.5) is 11.6 Å². The first kappa shape index (κ1) is 20.6. The van der Waals surface area contributed by atoms with Gasteiger partial charge < -0.3 is 15.3 Å². The second kappa shape index (κ2) is 9.08. The van der Waals surface area contributed by atoms with Gasteiger partial charge in [-0.3, -0.25) is 9.78 Å². The van der Waals surface area contributed by atoms with Gasteiger partial charge in [0.15, 0.2) is 5.82 Å². The van der Waals surface area contributed by atoms with E-state index in [0.717, 1.165) is 30.0 Å². The fourth-order valence-corrected chi connectivity index (χ4v) is 3.96. The van der Waals surface area contributed by atoms with Crippen LogP contribution in [-0.4, -0.2) is 32.6 Å². The van der Waals surface area contributed by atoms with Crippen LogP contribution in [0.1, 0.15) is 17.5 Å². The molecule has 0 radical (unpaired) electrons. The SMILES string of the molecule is O=C(O)CCNc1cc(N2Cc3ccccc3C2)nc(-c2cc(-c3ccccc3)ccn2)n1. The summed E-state index contributed by atoms with van der Waals surface area (Å²) >= 11 is 0. The highest BCUT2D eigenvalue weighted by Crippen LogP contribution is 2.30. The van der Waals surface area contributed by atoms with Crippen molar-refractivity contribution in [3.8, 4) is 22.6 Å². The topological polar surface area (TPSA) is 91.2 Å². The molecule has 0 saturated heterocycles. The predicted molar refractivity (Wildman–Crippen MR) is 128 cm³/mol. The lowest BCUT2D eigenvalue weighted by Crippen LogP contribution is -2.18. The van der Waals surface area contributed by atoms with Gasteiger partial charge >= 0.3 is 5.97 Å². The molecule has 0 spiro atoms. The van der Waals surface area contributed by atoms with Gasteiger partial charge in [-0.25, -0.2) is 9.97 Å². The third-order valence-electron chi connectivity index (χ3n) is 5.62. The largest absolute Gasteiger partial charge is 0.481 e. The summed E-state index contributed by atoms with van der Waals surface area (Å²) < 4.78 is 0. The Balaban J connectivity index is 1.50. The molecule has 7 nitrogen and oxygen atoms in total. The number of rotatable bonds is 7. The van der Waals surface area contributed by atoms with Crippen LogP contribution in [-0.2, 0) is 17.9 Å². The smallest absolute Gasteiger partial charge is 0.305 e. The van der Waals surface area contributed by atoms with Crippen LogP contribution in [0.5, 0.6) is 0 Å². The Morgan fingerprint density at radius 1 is 0.909 bits per heavy atom. The van der Waals surface area contributed by atoms with E-state index in [2.05, 4.69) is 44.5 Å². The quantitative estimate of drug-likeness (QED) is 0.436. The first-order chi connectivity index (χ1) is 16.2. The van der Waals surface area contributed by atoms with E-state index in [1.807, 2.05) is 48.5 Å². The van der Waals surface area contributed by atoms with Crippen molar-refractivity contribution in [1.82, 2.24) is 15.0 Å². The van der Waals surface area contributed by atoms with Crippen LogP contribution in [0, 0.1) is 0 Å². The van der Waals surface area contributed by atoms with Crippen LogP contribution < -0.4 is 10.2 Å². The van der Waals surface area contributed by atoms with Crippen LogP contribution in [0.15, 0.2) is 79.0 Å². The molecule has 7 heteroatoms. The van der Waals surface area contributed by atoms with Crippen LogP contribution >= 0.6 is 0 Å². The van der Waals surface area contributed by atoms with Gasteiger partial charge in [0, 0.05) is 31.9 Å². The van der Waals surface area contributed by atoms with Gasteiger partial charge in [0.2, 0.25) is 0 Å². The van der Waals surface area contributed by atoms with E-state index < -0.39 is 5.97 Å². The van der Waals surface area contributed by atoms with Gasteiger partial charge in [0.1, 0.15) is 17.3 Å². The van der Waals surface area contributed by atoms with Gasteiger partial charge in [-0.05, 0) is 34.4 Å². The Labute approximate surface area is 191 Å². The number of nitrogens with one attached hydrogen (secondary N) is 1. The number of fused-ring (bicyclic) bond motifs is 1. The third-order valence-corrected chi connectivity index (χ3v) is 5.62. The second-order valence-electron chi connectivity index (χ2n) is 7.93. The van der Waals surface area contributed by atoms with Gasteiger partial charge in [0.05, 0.1) is 6.42 Å². The number of pyridine rings is 1. The molecule has 0 bridgehead atoms. The van der Waals surface area contributed by atoms with Crippen molar-refractivity contribution in [3.05, 3.63) is 90.1 Å². The van der Waals surface area contributed by atoms with E-state index >= 15 is 0 Å². The number of carboxylic acid groups (broad SMARTS) is 1. The van der Waals surface area contributed by atoms with Crippen molar-refractivity contribution in [1.29, 1.82) is 0 Å². The predicted octanol–water partition coefficient (Wildman–Crippen LogP) is 4.61. The molecule has 2 N–H and O–H groups in total. The van der Waals surface area contributed by atoms with Crippen molar-refractivity contribution < 1.29 is 9.90 Å². The van der Waals surface area contributed by atoms with E-state index in [0.29, 0.717) is 17.3 Å². The maximum atomic E-state index is 11.0. The van der Waals surface area contributed by atoms with Crippen molar-refractivity contribution in [3.63, 3.8) is 0 Å². The zero-order chi connectivity index (χ0) is 22.6. The number of benzene rings is 2. The number of aromatic nitrogens is 3. The fourth-order valence-electron chi connectivity index (χ4n) is 3.96. The maximum Gasteiger partial charge on any atom is 0.305 e. The molecule has 0 aliphatic carbocycles. The number of nitrogens with zero attached hydrogens (tertiary/aromatic N) is 4. The minimum atomic E-state index is -0.857. The highest BCUT2D eigenvalue weighted by atomic mass is 16.4. The average molecular weight is 438 g/mol. The molecule has 164 valence electrons. The van der Waals surface area contributed by atoms with Crippen LogP contribution in [0.3, 0.4) is 0 Å². The van der Waals surface area contributed by atoms with Crippen LogP contribution in [0.2, 0.25) is 0 Å². The first-order valence-electron chi connectivity index (χ1n) is 10.8. The van der Waals surface area contributed by atoms with Gasteiger partial charge in [0.25, 0.3) is 0 Å². The zero-order valence-electron chi connectivity index (χ0n) is 18.0. The number of hydrogen-bond acceptors (Lipinski definition) is 6. The molecule has 0 amide bonds. The Bertz CT molecular complexity index is 1270. The standard InChI is InChI=1S/C26H23N5O2/c32-25(33)11-13-28-23-15-24(31-16-20-8-4-5-9-21(20)17-31)30-26(29-23)22-14-19(10-12-27-22)18-6-2-1-3-7-18/h1-10,12,14-15H,11,13,16-17H2,(H,32,33)(H,28,29,30). The summed E-state index contributed by atoms with van der Waals surface area (Å²) in [6, 6.07) is 24.3. The molecule has 1 aliphatic heterocycles. The summed E-state index contributed by atoms with van der Waals surface area (Å²) in [5.41, 5.74) is 5.34. The summed E-state index contributed by atoms with van der Waals surface area (Å²) in [6.45, 7) is 1.81. The zero-order valence-corrected chi connectivity index (χ0v) is 18.0. The lowest BCUT2D eigenvalue weighted by Gasteiger charge is -2.18. The molecule has 2 aromatic heterocycles. The summed E-state index contributed by atoms with van der Waals surface area (Å²) in [7, 11) is 0. The van der Waals surface area contributed by atoms with Crippen LogP contribution in [0.25, 0.3) is 22.6 Å². The average Bonchev–Trinajstić information content (AvgIpc) is 3.29. The van der Waals surface area contributed by atoms with E-state index in [4.69, 9.17) is 10.1 Å². The Kier molecular flexibility index (Phi) is 5.68. The maximum absolute atomic E-state index is 11.0. The van der Waals surface area contributed by atoms with E-state index in [1.54, 1.807) is 6.20 Å². The van der Waals surface area contributed by atoms with Gasteiger partial charge in [-0.15, -0.1) is 0 Å². The lowest BCUT2D eigenvalue weighted by atomic mass is 10.1. The molecule has 1 aliphatic rings.